The fraction of sp³-hybridized carbons (Fsp3) is 0.250. The summed E-state index contributed by atoms with van der Waals surface area (Å²) in [5.74, 6) is -0.386. The van der Waals surface area contributed by atoms with Crippen LogP contribution < -0.4 is 10.1 Å². The largest absolute Gasteiger partial charge is 0.494 e. The van der Waals surface area contributed by atoms with Crippen molar-refractivity contribution in [3.63, 3.8) is 0 Å². The number of amides is 1. The lowest BCUT2D eigenvalue weighted by atomic mass is 10.0. The topological polar surface area (TPSA) is 59.9 Å². The Balaban J connectivity index is 1.56. The Bertz CT molecular complexity index is 731. The second-order valence-electron chi connectivity index (χ2n) is 5.01. The Hall–Kier alpha value is -2.41. The molecule has 1 atom stereocenters. The summed E-state index contributed by atoms with van der Waals surface area (Å²) in [7, 11) is 1.42. The molecule has 1 aliphatic rings. The molecule has 2 aromatic rings. The van der Waals surface area contributed by atoms with Crippen LogP contribution in [-0.4, -0.2) is 31.4 Å². The fourth-order valence-electron chi connectivity index (χ4n) is 2.26. The molecule has 1 aromatic heterocycles. The molecule has 5 nitrogen and oxygen atoms in total. The van der Waals surface area contributed by atoms with Crippen LogP contribution in [0.3, 0.4) is 0 Å². The second kappa shape index (κ2) is 6.78. The summed E-state index contributed by atoms with van der Waals surface area (Å²) in [6, 6.07) is 8.24. The van der Waals surface area contributed by atoms with Gasteiger partial charge in [-0.3, -0.25) is 4.79 Å². The molecule has 1 unspecified atom stereocenters. The molecule has 1 N–H and O–H groups in total. The average Bonchev–Trinajstić information content (AvgIpc) is 3.24. The van der Waals surface area contributed by atoms with Crippen LogP contribution in [0.25, 0.3) is 0 Å². The smallest absolute Gasteiger partial charge is 0.261 e. The van der Waals surface area contributed by atoms with Crippen LogP contribution in [0.4, 0.5) is 4.39 Å². The summed E-state index contributed by atoms with van der Waals surface area (Å²) in [6.07, 6.45) is 0.260. The molecule has 120 valence electrons. The number of hydrogen-bond donors (Lipinski definition) is 1. The molecule has 1 amide bonds. The van der Waals surface area contributed by atoms with Crippen LogP contribution in [0, 0.1) is 5.82 Å². The lowest BCUT2D eigenvalue weighted by Gasteiger charge is -2.09. The maximum absolute atomic E-state index is 13.7. The summed E-state index contributed by atoms with van der Waals surface area (Å²) < 4.78 is 18.6. The molecule has 7 heteroatoms. The molecule has 0 fully saturated rings. The molecular weight excluding hydrogens is 319 g/mol. The van der Waals surface area contributed by atoms with Gasteiger partial charge in [-0.05, 0) is 29.6 Å². The lowest BCUT2D eigenvalue weighted by molar-refractivity contribution is 0.0755. The van der Waals surface area contributed by atoms with Crippen LogP contribution in [0.15, 0.2) is 40.9 Å². The lowest BCUT2D eigenvalue weighted by Crippen LogP contribution is -2.31. The third kappa shape index (κ3) is 3.50. The minimum Gasteiger partial charge on any atom is -0.494 e. The Morgan fingerprint density at radius 3 is 3.09 bits per heavy atom. The highest BCUT2D eigenvalue weighted by Crippen LogP contribution is 2.22. The van der Waals surface area contributed by atoms with Gasteiger partial charge in [-0.15, -0.1) is 11.3 Å². The molecule has 3 rings (SSSR count). The van der Waals surface area contributed by atoms with Crippen molar-refractivity contribution in [3.05, 3.63) is 52.0 Å². The first kappa shape index (κ1) is 15.5. The number of methoxy groups -OCH3 is 1. The summed E-state index contributed by atoms with van der Waals surface area (Å²) in [6.45, 7) is 0.350. The van der Waals surface area contributed by atoms with Crippen LogP contribution in [0.5, 0.6) is 5.75 Å². The maximum Gasteiger partial charge on any atom is 0.261 e. The van der Waals surface area contributed by atoms with Crippen molar-refractivity contribution in [3.8, 4) is 5.75 Å². The summed E-state index contributed by atoms with van der Waals surface area (Å²) in [5.41, 5.74) is 1.30. The van der Waals surface area contributed by atoms with Gasteiger partial charge in [-0.2, -0.15) is 0 Å². The van der Waals surface area contributed by atoms with E-state index in [9.17, 15) is 9.18 Å². The average molecular weight is 334 g/mol. The number of carbonyl (C=O) groups is 1. The number of nitrogens with one attached hydrogen (secondary N) is 1. The number of oxime groups is 1. The van der Waals surface area contributed by atoms with E-state index in [1.54, 1.807) is 18.2 Å². The Morgan fingerprint density at radius 1 is 1.52 bits per heavy atom. The van der Waals surface area contributed by atoms with Gasteiger partial charge in [0.05, 0.1) is 24.2 Å². The van der Waals surface area contributed by atoms with E-state index in [-0.39, 0.29) is 17.8 Å². The molecule has 0 spiro atoms. The predicted octanol–water partition coefficient (Wildman–Crippen LogP) is 2.82. The number of thiophene rings is 1. The molecule has 0 saturated heterocycles. The quantitative estimate of drug-likeness (QED) is 0.915. The SMILES string of the molecule is COc1ccc(C2=NOC(CNC(=O)c3cccs3)C2)cc1F. The molecule has 0 radical (unpaired) electrons. The van der Waals surface area contributed by atoms with Gasteiger partial charge in [0.25, 0.3) is 5.91 Å². The van der Waals surface area contributed by atoms with Crippen LogP contribution >= 0.6 is 11.3 Å². The van der Waals surface area contributed by atoms with Crippen LogP contribution in [-0.2, 0) is 4.84 Å². The van der Waals surface area contributed by atoms with Gasteiger partial charge in [0.15, 0.2) is 11.6 Å². The molecule has 1 aromatic carbocycles. The van der Waals surface area contributed by atoms with Crippen molar-refractivity contribution in [2.45, 2.75) is 12.5 Å². The fourth-order valence-corrected chi connectivity index (χ4v) is 2.90. The Labute approximate surface area is 136 Å². The third-order valence-corrected chi connectivity index (χ3v) is 4.32. The van der Waals surface area contributed by atoms with E-state index in [1.807, 2.05) is 11.4 Å². The zero-order chi connectivity index (χ0) is 16.2. The number of rotatable bonds is 5. The van der Waals surface area contributed by atoms with E-state index in [0.29, 0.717) is 29.1 Å². The van der Waals surface area contributed by atoms with E-state index < -0.39 is 5.82 Å². The molecule has 0 aliphatic carbocycles. The third-order valence-electron chi connectivity index (χ3n) is 3.45. The van der Waals surface area contributed by atoms with Gasteiger partial charge < -0.3 is 14.9 Å². The zero-order valence-electron chi connectivity index (χ0n) is 12.4. The van der Waals surface area contributed by atoms with Gasteiger partial charge in [0.2, 0.25) is 0 Å². The Kier molecular flexibility index (Phi) is 4.57. The van der Waals surface area contributed by atoms with E-state index in [1.165, 1.54) is 24.5 Å². The molecule has 0 saturated carbocycles. The van der Waals surface area contributed by atoms with Gasteiger partial charge in [-0.25, -0.2) is 4.39 Å². The molecular formula is C16H15FN2O3S. The van der Waals surface area contributed by atoms with Crippen molar-refractivity contribution < 1.29 is 18.8 Å². The van der Waals surface area contributed by atoms with Gasteiger partial charge >= 0.3 is 0 Å². The standard InChI is InChI=1S/C16H15FN2O3S/c1-21-14-5-4-10(7-12(14)17)13-8-11(22-19-13)9-18-16(20)15-3-2-6-23-15/h2-7,11H,8-9H2,1H3,(H,18,20). The monoisotopic (exact) mass is 334 g/mol. The van der Waals surface area contributed by atoms with E-state index in [0.717, 1.165) is 0 Å². The van der Waals surface area contributed by atoms with Crippen molar-refractivity contribution in [1.29, 1.82) is 0 Å². The first-order chi connectivity index (χ1) is 11.2. The predicted molar refractivity (Wildman–Crippen MR) is 85.6 cm³/mol. The van der Waals surface area contributed by atoms with E-state index in [2.05, 4.69) is 10.5 Å². The first-order valence-corrected chi connectivity index (χ1v) is 7.93. The summed E-state index contributed by atoms with van der Waals surface area (Å²) >= 11 is 1.38. The molecule has 1 aliphatic heterocycles. The van der Waals surface area contributed by atoms with E-state index >= 15 is 0 Å². The van der Waals surface area contributed by atoms with Crippen LogP contribution in [0.2, 0.25) is 0 Å². The van der Waals surface area contributed by atoms with Crippen molar-refractivity contribution in [2.24, 2.45) is 5.16 Å². The first-order valence-electron chi connectivity index (χ1n) is 7.05. The molecule has 2 heterocycles. The minimum atomic E-state index is -0.442. The Morgan fingerprint density at radius 2 is 2.39 bits per heavy atom. The summed E-state index contributed by atoms with van der Waals surface area (Å²) in [4.78, 5) is 17.8. The number of ether oxygens (including phenoxy) is 1. The highest BCUT2D eigenvalue weighted by atomic mass is 32.1. The molecule has 0 bridgehead atoms. The van der Waals surface area contributed by atoms with Gasteiger partial charge in [0.1, 0.15) is 6.10 Å². The molecule has 23 heavy (non-hydrogen) atoms. The number of halogens is 1. The summed E-state index contributed by atoms with van der Waals surface area (Å²) in [5, 5.41) is 8.64. The van der Waals surface area contributed by atoms with Crippen molar-refractivity contribution >= 4 is 23.0 Å². The van der Waals surface area contributed by atoms with Crippen molar-refractivity contribution in [2.75, 3.05) is 13.7 Å². The highest BCUT2D eigenvalue weighted by molar-refractivity contribution is 7.12. The number of benzene rings is 1. The maximum atomic E-state index is 13.7. The number of hydrogen-bond acceptors (Lipinski definition) is 5. The highest BCUT2D eigenvalue weighted by Gasteiger charge is 2.23. The normalized spacial score (nSPS) is 16.6. The zero-order valence-corrected chi connectivity index (χ0v) is 13.2. The minimum absolute atomic E-state index is 0.132. The van der Waals surface area contributed by atoms with Gasteiger partial charge in [-0.1, -0.05) is 11.2 Å². The number of nitrogens with zero attached hydrogens (tertiary/aromatic N) is 1. The second-order valence-corrected chi connectivity index (χ2v) is 5.95. The van der Waals surface area contributed by atoms with Gasteiger partial charge in [0, 0.05) is 12.0 Å². The number of carbonyl (C=O) groups excluding carboxylic acids is 1. The van der Waals surface area contributed by atoms with E-state index in [4.69, 9.17) is 9.57 Å². The van der Waals surface area contributed by atoms with Crippen LogP contribution in [0.1, 0.15) is 21.7 Å². The van der Waals surface area contributed by atoms with Crippen molar-refractivity contribution in [1.82, 2.24) is 5.32 Å².